The van der Waals surface area contributed by atoms with Crippen molar-refractivity contribution in [2.45, 2.75) is 45.3 Å². The number of morpholine rings is 1. The van der Waals surface area contributed by atoms with Crippen LogP contribution in [-0.2, 0) is 14.3 Å². The first-order valence-corrected chi connectivity index (χ1v) is 7.49. The van der Waals surface area contributed by atoms with Crippen LogP contribution in [0.2, 0.25) is 0 Å². The van der Waals surface area contributed by atoms with Gasteiger partial charge in [-0.3, -0.25) is 14.5 Å². The van der Waals surface area contributed by atoms with Crippen molar-refractivity contribution in [3.63, 3.8) is 0 Å². The van der Waals surface area contributed by atoms with Gasteiger partial charge in [-0.05, 0) is 20.3 Å². The minimum absolute atomic E-state index is 0.0411. The Kier molecular flexibility index (Phi) is 5.17. The number of likely N-dealkylation sites (tertiary alicyclic amines) is 1. The number of amides is 4. The van der Waals surface area contributed by atoms with E-state index in [1.165, 1.54) is 4.90 Å². The van der Waals surface area contributed by atoms with E-state index in [-0.39, 0.29) is 30.1 Å². The van der Waals surface area contributed by atoms with Gasteiger partial charge in [0.2, 0.25) is 11.8 Å². The summed E-state index contributed by atoms with van der Waals surface area (Å²) < 4.78 is 5.58. The summed E-state index contributed by atoms with van der Waals surface area (Å²) in [5, 5.41) is 2.83. The minimum atomic E-state index is -0.115. The number of hydrogen-bond donors (Lipinski definition) is 1. The Labute approximate surface area is 124 Å². The molecule has 7 heteroatoms. The number of nitrogens with one attached hydrogen (secondary N) is 1. The molecular formula is C14H23N3O4. The molecule has 2 saturated heterocycles. The molecule has 21 heavy (non-hydrogen) atoms. The highest BCUT2D eigenvalue weighted by molar-refractivity contribution is 6.01. The molecule has 1 N–H and O–H groups in total. The first-order valence-electron chi connectivity index (χ1n) is 7.49. The maximum atomic E-state index is 12.0. The zero-order chi connectivity index (χ0) is 15.4. The van der Waals surface area contributed by atoms with Crippen molar-refractivity contribution in [1.82, 2.24) is 15.1 Å². The number of nitrogens with zero attached hydrogens (tertiary/aromatic N) is 2. The van der Waals surface area contributed by atoms with Crippen LogP contribution in [0.15, 0.2) is 0 Å². The third-order valence-electron chi connectivity index (χ3n) is 3.70. The molecule has 7 nitrogen and oxygen atoms in total. The van der Waals surface area contributed by atoms with Gasteiger partial charge in [-0.25, -0.2) is 4.79 Å². The topological polar surface area (TPSA) is 79.0 Å². The molecule has 2 aliphatic rings. The van der Waals surface area contributed by atoms with Gasteiger partial charge in [0.15, 0.2) is 0 Å². The van der Waals surface area contributed by atoms with Crippen LogP contribution in [0.3, 0.4) is 0 Å². The van der Waals surface area contributed by atoms with Gasteiger partial charge in [0.1, 0.15) is 0 Å². The molecule has 2 aliphatic heterocycles. The van der Waals surface area contributed by atoms with Crippen LogP contribution in [0, 0.1) is 0 Å². The van der Waals surface area contributed by atoms with Crippen LogP contribution in [0.1, 0.15) is 33.1 Å². The van der Waals surface area contributed by atoms with Gasteiger partial charge >= 0.3 is 6.03 Å². The lowest BCUT2D eigenvalue weighted by Crippen LogP contribution is -2.51. The van der Waals surface area contributed by atoms with Crippen molar-refractivity contribution in [3.8, 4) is 0 Å². The molecule has 2 heterocycles. The highest BCUT2D eigenvalue weighted by Crippen LogP contribution is 2.12. The third kappa shape index (κ3) is 4.17. The monoisotopic (exact) mass is 297 g/mol. The summed E-state index contributed by atoms with van der Waals surface area (Å²) in [6.07, 6.45) is 1.29. The Morgan fingerprint density at radius 1 is 1.19 bits per heavy atom. The molecule has 2 rings (SSSR count). The van der Waals surface area contributed by atoms with Crippen LogP contribution in [-0.4, -0.2) is 66.0 Å². The maximum Gasteiger partial charge on any atom is 0.317 e. The Hall–Kier alpha value is -1.63. The van der Waals surface area contributed by atoms with E-state index in [0.29, 0.717) is 45.4 Å². The second-order valence-corrected chi connectivity index (χ2v) is 5.69. The largest absolute Gasteiger partial charge is 0.372 e. The molecule has 4 amide bonds. The number of carbonyl (C=O) groups excluding carboxylic acids is 3. The smallest absolute Gasteiger partial charge is 0.317 e. The molecule has 0 radical (unpaired) electrons. The van der Waals surface area contributed by atoms with Crippen LogP contribution in [0.25, 0.3) is 0 Å². The number of carbonyl (C=O) groups is 3. The van der Waals surface area contributed by atoms with Crippen molar-refractivity contribution < 1.29 is 19.1 Å². The molecule has 0 aromatic heterocycles. The van der Waals surface area contributed by atoms with E-state index in [1.54, 1.807) is 4.90 Å². The fourth-order valence-corrected chi connectivity index (χ4v) is 2.76. The molecule has 2 unspecified atom stereocenters. The first kappa shape index (κ1) is 15.8. The van der Waals surface area contributed by atoms with Crippen LogP contribution in [0.4, 0.5) is 4.79 Å². The Bertz CT molecular complexity index is 400. The lowest BCUT2D eigenvalue weighted by molar-refractivity contribution is -0.138. The van der Waals surface area contributed by atoms with Crippen LogP contribution < -0.4 is 5.32 Å². The van der Waals surface area contributed by atoms with E-state index in [2.05, 4.69) is 5.32 Å². The average Bonchev–Trinajstić information content (AvgIpc) is 2.73. The van der Waals surface area contributed by atoms with E-state index in [0.717, 1.165) is 0 Å². The van der Waals surface area contributed by atoms with Crippen molar-refractivity contribution >= 4 is 17.8 Å². The zero-order valence-electron chi connectivity index (χ0n) is 12.6. The molecule has 118 valence electrons. The number of urea groups is 1. The zero-order valence-corrected chi connectivity index (χ0v) is 12.6. The fraction of sp³-hybridized carbons (Fsp3) is 0.786. The molecule has 0 saturated carbocycles. The number of ether oxygens (including phenoxy) is 1. The van der Waals surface area contributed by atoms with Gasteiger partial charge in [0.25, 0.3) is 0 Å². The van der Waals surface area contributed by atoms with Crippen molar-refractivity contribution in [1.29, 1.82) is 0 Å². The second-order valence-electron chi connectivity index (χ2n) is 5.69. The molecule has 0 aromatic carbocycles. The standard InChI is InChI=1S/C14H23N3O4/c1-10-8-16(9-11(2)21-10)14(20)15-6-3-7-17-12(18)4-5-13(17)19/h10-11H,3-9H2,1-2H3,(H,15,20). The molecule has 2 atom stereocenters. The predicted molar refractivity (Wildman–Crippen MR) is 75.6 cm³/mol. The summed E-state index contributed by atoms with van der Waals surface area (Å²) >= 11 is 0. The summed E-state index contributed by atoms with van der Waals surface area (Å²) in [7, 11) is 0. The lowest BCUT2D eigenvalue weighted by Gasteiger charge is -2.35. The van der Waals surface area contributed by atoms with Crippen LogP contribution >= 0.6 is 0 Å². The number of hydrogen-bond acceptors (Lipinski definition) is 4. The van der Waals surface area contributed by atoms with Gasteiger partial charge in [-0.2, -0.15) is 0 Å². The van der Waals surface area contributed by atoms with Gasteiger partial charge in [0, 0.05) is 39.0 Å². The molecule has 0 bridgehead atoms. The van der Waals surface area contributed by atoms with Gasteiger partial charge in [0.05, 0.1) is 12.2 Å². The molecular weight excluding hydrogens is 274 g/mol. The Balaban J connectivity index is 1.67. The third-order valence-corrected chi connectivity index (χ3v) is 3.70. The molecule has 0 aromatic rings. The highest BCUT2D eigenvalue weighted by atomic mass is 16.5. The van der Waals surface area contributed by atoms with E-state index in [9.17, 15) is 14.4 Å². The summed E-state index contributed by atoms with van der Waals surface area (Å²) in [5.41, 5.74) is 0. The average molecular weight is 297 g/mol. The SMILES string of the molecule is CC1CN(C(=O)NCCCN2C(=O)CCC2=O)CC(C)O1. The second kappa shape index (κ2) is 6.89. The normalized spacial score (nSPS) is 26.4. The summed E-state index contributed by atoms with van der Waals surface area (Å²) in [6, 6.07) is -0.115. The van der Waals surface area contributed by atoms with Gasteiger partial charge in [-0.1, -0.05) is 0 Å². The molecule has 2 fully saturated rings. The van der Waals surface area contributed by atoms with E-state index >= 15 is 0 Å². The van der Waals surface area contributed by atoms with Gasteiger partial charge in [-0.15, -0.1) is 0 Å². The van der Waals surface area contributed by atoms with E-state index in [1.807, 2.05) is 13.8 Å². The molecule has 0 aliphatic carbocycles. The van der Waals surface area contributed by atoms with Crippen molar-refractivity contribution in [2.24, 2.45) is 0 Å². The Morgan fingerprint density at radius 2 is 1.76 bits per heavy atom. The summed E-state index contributed by atoms with van der Waals surface area (Å²) in [6.45, 7) is 5.89. The summed E-state index contributed by atoms with van der Waals surface area (Å²) in [5.74, 6) is -0.218. The van der Waals surface area contributed by atoms with Gasteiger partial charge < -0.3 is 15.0 Å². The minimum Gasteiger partial charge on any atom is -0.372 e. The lowest BCUT2D eigenvalue weighted by atomic mass is 10.2. The van der Waals surface area contributed by atoms with Crippen molar-refractivity contribution in [3.05, 3.63) is 0 Å². The Morgan fingerprint density at radius 3 is 2.33 bits per heavy atom. The fourth-order valence-electron chi connectivity index (χ4n) is 2.76. The highest BCUT2D eigenvalue weighted by Gasteiger charge is 2.28. The number of imide groups is 1. The number of rotatable bonds is 4. The predicted octanol–water partition coefficient (Wildman–Crippen LogP) is 0.344. The molecule has 0 spiro atoms. The quantitative estimate of drug-likeness (QED) is 0.599. The first-order chi connectivity index (χ1) is 9.97. The van der Waals surface area contributed by atoms with Crippen LogP contribution in [0.5, 0.6) is 0 Å². The summed E-state index contributed by atoms with van der Waals surface area (Å²) in [4.78, 5) is 37.9. The maximum absolute atomic E-state index is 12.0. The van der Waals surface area contributed by atoms with Crippen molar-refractivity contribution in [2.75, 3.05) is 26.2 Å². The van der Waals surface area contributed by atoms with E-state index < -0.39 is 0 Å². The van der Waals surface area contributed by atoms with E-state index in [4.69, 9.17) is 4.74 Å².